The van der Waals surface area contributed by atoms with E-state index in [0.29, 0.717) is 44.0 Å². The van der Waals surface area contributed by atoms with E-state index < -0.39 is 6.10 Å². The average Bonchev–Trinajstić information content (AvgIpc) is 3.28. The number of hydrogen-bond donors (Lipinski definition) is 1. The van der Waals surface area contributed by atoms with Gasteiger partial charge in [-0.1, -0.05) is 24.3 Å². The van der Waals surface area contributed by atoms with Crippen molar-refractivity contribution in [3.8, 4) is 11.6 Å². The standard InChI is InChI=1S/C26H28FN3O4/c1-3-32-16(2)17-8-9-23-18(12-17)13-19(15-33-23)28-26(31)22-14-25-30(29-22)11-10-24(34-25)20-6-4-5-7-21(20)27/h4-9,12,14,16,19,24H,3,10-11,13,15H2,1-2H3,(H,28,31)/t16?,19-,24?/m1/s1. The van der Waals surface area contributed by atoms with E-state index in [2.05, 4.69) is 16.5 Å². The predicted molar refractivity (Wildman–Crippen MR) is 124 cm³/mol. The fraction of sp³-hybridized carbons (Fsp3) is 0.385. The van der Waals surface area contributed by atoms with Crippen molar-refractivity contribution in [3.63, 3.8) is 0 Å². The van der Waals surface area contributed by atoms with E-state index in [1.807, 2.05) is 26.0 Å². The second kappa shape index (κ2) is 9.46. The first-order valence-corrected chi connectivity index (χ1v) is 11.7. The van der Waals surface area contributed by atoms with Crippen molar-refractivity contribution in [1.29, 1.82) is 0 Å². The molecule has 1 aromatic heterocycles. The smallest absolute Gasteiger partial charge is 0.272 e. The van der Waals surface area contributed by atoms with Crippen molar-refractivity contribution in [2.75, 3.05) is 13.2 Å². The molecule has 0 spiro atoms. The molecule has 178 valence electrons. The number of halogens is 1. The summed E-state index contributed by atoms with van der Waals surface area (Å²) < 4.78 is 33.4. The van der Waals surface area contributed by atoms with Gasteiger partial charge in [-0.25, -0.2) is 9.07 Å². The molecule has 2 aliphatic heterocycles. The maximum atomic E-state index is 14.2. The van der Waals surface area contributed by atoms with Gasteiger partial charge in [0.2, 0.25) is 5.88 Å². The normalized spacial score (nSPS) is 19.9. The van der Waals surface area contributed by atoms with E-state index in [-0.39, 0.29) is 29.6 Å². The van der Waals surface area contributed by atoms with Gasteiger partial charge in [0, 0.05) is 31.2 Å². The van der Waals surface area contributed by atoms with Crippen LogP contribution in [-0.2, 0) is 17.7 Å². The topological polar surface area (TPSA) is 74.6 Å². The summed E-state index contributed by atoms with van der Waals surface area (Å²) in [6.07, 6.45) is 0.827. The van der Waals surface area contributed by atoms with Crippen molar-refractivity contribution in [2.24, 2.45) is 0 Å². The number of aryl methyl sites for hydroxylation is 1. The molecule has 1 amide bonds. The molecule has 0 saturated heterocycles. The summed E-state index contributed by atoms with van der Waals surface area (Å²) in [6.45, 7) is 5.57. The monoisotopic (exact) mass is 465 g/mol. The van der Waals surface area contributed by atoms with Crippen LogP contribution in [-0.4, -0.2) is 34.9 Å². The number of nitrogens with one attached hydrogen (secondary N) is 1. The highest BCUT2D eigenvalue weighted by Crippen LogP contribution is 2.33. The van der Waals surface area contributed by atoms with Gasteiger partial charge in [0.15, 0.2) is 5.69 Å². The van der Waals surface area contributed by atoms with E-state index in [0.717, 1.165) is 16.9 Å². The lowest BCUT2D eigenvalue weighted by Crippen LogP contribution is -2.43. The lowest BCUT2D eigenvalue weighted by atomic mass is 9.98. The minimum Gasteiger partial charge on any atom is -0.491 e. The van der Waals surface area contributed by atoms with Crippen LogP contribution >= 0.6 is 0 Å². The van der Waals surface area contributed by atoms with Crippen LogP contribution in [0.25, 0.3) is 0 Å². The number of hydrogen-bond acceptors (Lipinski definition) is 5. The van der Waals surface area contributed by atoms with Crippen LogP contribution in [0.4, 0.5) is 4.39 Å². The van der Waals surface area contributed by atoms with Gasteiger partial charge in [-0.3, -0.25) is 4.79 Å². The summed E-state index contributed by atoms with van der Waals surface area (Å²) in [6, 6.07) is 14.1. The second-order valence-corrected chi connectivity index (χ2v) is 8.66. The number of carbonyl (C=O) groups excluding carboxylic acids is 1. The number of aromatic nitrogens is 2. The number of benzene rings is 2. The quantitative estimate of drug-likeness (QED) is 0.585. The van der Waals surface area contributed by atoms with E-state index in [1.165, 1.54) is 6.07 Å². The van der Waals surface area contributed by atoms with Crippen molar-refractivity contribution < 1.29 is 23.4 Å². The molecular formula is C26H28FN3O4. The summed E-state index contributed by atoms with van der Waals surface area (Å²) in [7, 11) is 0. The van der Waals surface area contributed by atoms with Crippen molar-refractivity contribution in [2.45, 2.75) is 51.5 Å². The van der Waals surface area contributed by atoms with Crippen molar-refractivity contribution in [1.82, 2.24) is 15.1 Å². The SMILES string of the molecule is CCOC(C)c1ccc2c(c1)C[C@@H](NC(=O)c1cc3n(n1)CCC(c1ccccc1F)O3)CO2. The minimum atomic E-state index is -0.405. The maximum absolute atomic E-state index is 14.2. The molecule has 0 saturated carbocycles. The molecule has 5 rings (SSSR count). The summed E-state index contributed by atoms with van der Waals surface area (Å²) >= 11 is 0. The molecule has 7 nitrogen and oxygen atoms in total. The first-order chi connectivity index (χ1) is 16.5. The number of rotatable bonds is 6. The number of amides is 1. The van der Waals surface area contributed by atoms with Crippen LogP contribution < -0.4 is 14.8 Å². The van der Waals surface area contributed by atoms with Gasteiger partial charge in [0.05, 0.1) is 12.1 Å². The van der Waals surface area contributed by atoms with Gasteiger partial charge < -0.3 is 19.5 Å². The van der Waals surface area contributed by atoms with Gasteiger partial charge >= 0.3 is 0 Å². The lowest BCUT2D eigenvalue weighted by molar-refractivity contribution is 0.0761. The van der Waals surface area contributed by atoms with Gasteiger partial charge in [0.25, 0.3) is 5.91 Å². The van der Waals surface area contributed by atoms with Gasteiger partial charge in [-0.2, -0.15) is 5.10 Å². The second-order valence-electron chi connectivity index (χ2n) is 8.66. The Hall–Kier alpha value is -3.39. The highest BCUT2D eigenvalue weighted by atomic mass is 19.1. The summed E-state index contributed by atoms with van der Waals surface area (Å²) in [5.74, 6) is 0.714. The third kappa shape index (κ3) is 4.50. The Morgan fingerprint density at radius 3 is 2.97 bits per heavy atom. The Labute approximate surface area is 197 Å². The average molecular weight is 466 g/mol. The third-order valence-electron chi connectivity index (χ3n) is 6.31. The van der Waals surface area contributed by atoms with Gasteiger partial charge in [-0.15, -0.1) is 0 Å². The van der Waals surface area contributed by atoms with E-state index in [9.17, 15) is 9.18 Å². The van der Waals surface area contributed by atoms with Crippen LogP contribution in [0.1, 0.15) is 59.7 Å². The molecule has 34 heavy (non-hydrogen) atoms. The Bertz CT molecular complexity index is 1190. The van der Waals surface area contributed by atoms with E-state index in [4.69, 9.17) is 14.2 Å². The molecule has 3 atom stereocenters. The maximum Gasteiger partial charge on any atom is 0.272 e. The van der Waals surface area contributed by atoms with Crippen LogP contribution in [0.2, 0.25) is 0 Å². The molecule has 0 bridgehead atoms. The predicted octanol–water partition coefficient (Wildman–Crippen LogP) is 4.38. The molecule has 2 aliphatic rings. The zero-order valence-corrected chi connectivity index (χ0v) is 19.3. The van der Waals surface area contributed by atoms with Crippen LogP contribution in [0.3, 0.4) is 0 Å². The highest BCUT2D eigenvalue weighted by molar-refractivity contribution is 5.92. The Balaban J connectivity index is 1.25. The third-order valence-corrected chi connectivity index (χ3v) is 6.31. The fourth-order valence-electron chi connectivity index (χ4n) is 4.53. The van der Waals surface area contributed by atoms with E-state index >= 15 is 0 Å². The molecule has 8 heteroatoms. The zero-order valence-electron chi connectivity index (χ0n) is 19.3. The van der Waals surface area contributed by atoms with Gasteiger partial charge in [-0.05, 0) is 49.6 Å². The Morgan fingerprint density at radius 1 is 1.29 bits per heavy atom. The molecule has 0 aliphatic carbocycles. The van der Waals surface area contributed by atoms with Crippen LogP contribution in [0.5, 0.6) is 11.6 Å². The summed E-state index contributed by atoms with van der Waals surface area (Å²) in [4.78, 5) is 12.9. The summed E-state index contributed by atoms with van der Waals surface area (Å²) in [5.41, 5.74) is 2.91. The first kappa shape index (κ1) is 22.4. The molecule has 1 N–H and O–H groups in total. The first-order valence-electron chi connectivity index (χ1n) is 11.7. The van der Waals surface area contributed by atoms with Crippen LogP contribution in [0.15, 0.2) is 48.5 Å². The van der Waals surface area contributed by atoms with Crippen LogP contribution in [0, 0.1) is 5.82 Å². The molecule has 3 aromatic rings. The molecule has 2 aromatic carbocycles. The molecular weight excluding hydrogens is 437 g/mol. The Morgan fingerprint density at radius 2 is 2.15 bits per heavy atom. The largest absolute Gasteiger partial charge is 0.491 e. The molecule has 2 unspecified atom stereocenters. The lowest BCUT2D eigenvalue weighted by Gasteiger charge is -2.27. The number of nitrogens with zero attached hydrogens (tertiary/aromatic N) is 2. The summed E-state index contributed by atoms with van der Waals surface area (Å²) in [5, 5.41) is 7.42. The molecule has 0 radical (unpaired) electrons. The number of fused-ring (bicyclic) bond motifs is 2. The number of ether oxygens (including phenoxy) is 3. The van der Waals surface area contributed by atoms with Gasteiger partial charge in [0.1, 0.15) is 24.3 Å². The fourth-order valence-corrected chi connectivity index (χ4v) is 4.53. The number of carbonyl (C=O) groups is 1. The van der Waals surface area contributed by atoms with Crippen molar-refractivity contribution >= 4 is 5.91 Å². The highest BCUT2D eigenvalue weighted by Gasteiger charge is 2.28. The minimum absolute atomic E-state index is 0.00433. The Kier molecular flexibility index (Phi) is 6.24. The molecule has 0 fully saturated rings. The van der Waals surface area contributed by atoms with Crippen molar-refractivity contribution in [3.05, 3.63) is 76.7 Å². The molecule has 3 heterocycles. The zero-order chi connectivity index (χ0) is 23.7. The van der Waals surface area contributed by atoms with E-state index in [1.54, 1.807) is 28.9 Å².